The number of hydrogen-bond donors (Lipinski definition) is 1. The SMILES string of the molecule is O=COc1c(OCc2ccccc2)cc2sc(-c3ccc(O)cc3)c(C(=O)c3ccc(OCCN4CCCCC4)cc3)c2c1OCc1ccccc1. The van der Waals surface area contributed by atoms with E-state index in [0.29, 0.717) is 50.7 Å². The fraction of sp³-hybridized carbons (Fsp3) is 0.209. The first-order chi connectivity index (χ1) is 25.6. The first kappa shape index (κ1) is 34.8. The number of phenolic OH excluding ortho intramolecular Hbond substituents is 1. The van der Waals surface area contributed by atoms with Gasteiger partial charge in [-0.1, -0.05) is 67.1 Å². The van der Waals surface area contributed by atoms with Gasteiger partial charge in [-0.05, 0) is 91.2 Å². The van der Waals surface area contributed by atoms with Crippen molar-refractivity contribution in [2.45, 2.75) is 32.5 Å². The van der Waals surface area contributed by atoms with Crippen molar-refractivity contribution < 1.29 is 33.6 Å². The predicted molar refractivity (Wildman–Crippen MR) is 203 cm³/mol. The summed E-state index contributed by atoms with van der Waals surface area (Å²) < 4.78 is 25.2. The molecule has 6 aromatic rings. The van der Waals surface area contributed by atoms with Crippen LogP contribution in [0.15, 0.2) is 115 Å². The fourth-order valence-electron chi connectivity index (χ4n) is 6.41. The predicted octanol–water partition coefficient (Wildman–Crippen LogP) is 9.06. The molecule has 0 aliphatic carbocycles. The second-order valence-electron chi connectivity index (χ2n) is 12.6. The highest BCUT2D eigenvalue weighted by atomic mass is 32.1. The minimum Gasteiger partial charge on any atom is -0.508 e. The third-order valence-electron chi connectivity index (χ3n) is 9.08. The van der Waals surface area contributed by atoms with Crippen LogP contribution in [0, 0.1) is 0 Å². The van der Waals surface area contributed by atoms with E-state index < -0.39 is 0 Å². The number of benzene rings is 5. The highest BCUT2D eigenvalue weighted by Crippen LogP contribution is 2.52. The van der Waals surface area contributed by atoms with Crippen molar-refractivity contribution in [1.29, 1.82) is 0 Å². The zero-order chi connectivity index (χ0) is 35.7. The molecule has 0 radical (unpaired) electrons. The van der Waals surface area contributed by atoms with Gasteiger partial charge in [-0.25, -0.2) is 0 Å². The zero-order valence-electron chi connectivity index (χ0n) is 28.7. The van der Waals surface area contributed by atoms with E-state index >= 15 is 0 Å². The third kappa shape index (κ3) is 8.12. The standard InChI is InChI=1S/C43H39NO7S/c45-29-51-41-36(49-27-30-10-4-1-5-11-30)26-37-38(42(41)50-28-31-12-6-2-7-13-31)39(43(52-37)33-14-18-34(46)19-15-33)40(47)32-16-20-35(21-17-32)48-25-24-44-22-8-3-9-23-44/h1-2,4-7,10-21,26,29,46H,3,8-9,22-25,27-28H2. The van der Waals surface area contributed by atoms with Crippen molar-refractivity contribution >= 4 is 33.7 Å². The van der Waals surface area contributed by atoms with E-state index in [1.807, 2.05) is 72.8 Å². The number of phenols is 1. The minimum atomic E-state index is -0.242. The number of fused-ring (bicyclic) bond motifs is 1. The van der Waals surface area contributed by atoms with Gasteiger partial charge in [0.25, 0.3) is 6.47 Å². The van der Waals surface area contributed by atoms with Crippen molar-refractivity contribution in [3.05, 3.63) is 138 Å². The number of ketones is 1. The van der Waals surface area contributed by atoms with E-state index in [0.717, 1.165) is 36.3 Å². The number of nitrogens with zero attached hydrogens (tertiary/aromatic N) is 1. The summed E-state index contributed by atoms with van der Waals surface area (Å²) in [6, 6.07) is 35.0. The van der Waals surface area contributed by atoms with Gasteiger partial charge in [0.1, 0.15) is 31.3 Å². The Bertz CT molecular complexity index is 2110. The molecule has 0 bridgehead atoms. The van der Waals surface area contributed by atoms with Gasteiger partial charge < -0.3 is 24.1 Å². The van der Waals surface area contributed by atoms with Crippen LogP contribution in [0.4, 0.5) is 0 Å². The van der Waals surface area contributed by atoms with Crippen LogP contribution < -0.4 is 18.9 Å². The fourth-order valence-corrected chi connectivity index (χ4v) is 7.64. The molecule has 1 fully saturated rings. The monoisotopic (exact) mass is 713 g/mol. The molecule has 264 valence electrons. The number of ether oxygens (including phenoxy) is 4. The highest BCUT2D eigenvalue weighted by Gasteiger charge is 2.29. The number of rotatable bonds is 15. The molecule has 0 unspecified atom stereocenters. The Kier molecular flexibility index (Phi) is 11.1. The molecule has 0 amide bonds. The van der Waals surface area contributed by atoms with Crippen LogP contribution in [0.25, 0.3) is 20.5 Å². The Morgan fingerprint density at radius 3 is 2.06 bits per heavy atom. The maximum atomic E-state index is 14.7. The van der Waals surface area contributed by atoms with Crippen molar-refractivity contribution in [2.75, 3.05) is 26.2 Å². The van der Waals surface area contributed by atoms with Crippen LogP contribution in [-0.2, 0) is 18.0 Å². The molecule has 1 N–H and O–H groups in total. The molecule has 0 atom stereocenters. The lowest BCUT2D eigenvalue weighted by Gasteiger charge is -2.26. The molecular weight excluding hydrogens is 675 g/mol. The molecule has 8 nitrogen and oxygen atoms in total. The first-order valence-corrected chi connectivity index (χ1v) is 18.3. The molecule has 52 heavy (non-hydrogen) atoms. The minimum absolute atomic E-state index is 0.0796. The summed E-state index contributed by atoms with van der Waals surface area (Å²) in [5.41, 5.74) is 3.40. The molecule has 1 aliphatic heterocycles. The quantitative estimate of drug-likeness (QED) is 0.0833. The average Bonchev–Trinajstić information content (AvgIpc) is 3.57. The molecule has 2 heterocycles. The topological polar surface area (TPSA) is 94.5 Å². The van der Waals surface area contributed by atoms with E-state index in [1.165, 1.54) is 30.6 Å². The number of hydrogen-bond acceptors (Lipinski definition) is 9. The van der Waals surface area contributed by atoms with E-state index in [-0.39, 0.29) is 36.2 Å². The summed E-state index contributed by atoms with van der Waals surface area (Å²) in [5.74, 6) is 1.16. The van der Waals surface area contributed by atoms with E-state index in [2.05, 4.69) is 4.90 Å². The van der Waals surface area contributed by atoms with Gasteiger partial charge in [0.2, 0.25) is 5.75 Å². The Morgan fingerprint density at radius 1 is 0.750 bits per heavy atom. The van der Waals surface area contributed by atoms with Gasteiger partial charge in [0, 0.05) is 27.8 Å². The summed E-state index contributed by atoms with van der Waals surface area (Å²) in [6.45, 7) is 4.35. The summed E-state index contributed by atoms with van der Waals surface area (Å²) in [5, 5.41) is 10.6. The normalized spacial score (nSPS) is 13.1. The highest BCUT2D eigenvalue weighted by molar-refractivity contribution is 7.23. The van der Waals surface area contributed by atoms with Crippen LogP contribution in [0.2, 0.25) is 0 Å². The van der Waals surface area contributed by atoms with E-state index in [1.54, 1.807) is 42.5 Å². The molecule has 1 aromatic heterocycles. The molecule has 5 aromatic carbocycles. The van der Waals surface area contributed by atoms with Gasteiger partial charge in [-0.2, -0.15) is 0 Å². The second kappa shape index (κ2) is 16.6. The molecule has 0 spiro atoms. The Balaban J connectivity index is 1.31. The summed E-state index contributed by atoms with van der Waals surface area (Å²) in [7, 11) is 0. The summed E-state index contributed by atoms with van der Waals surface area (Å²) in [4.78, 5) is 29.8. The molecule has 1 saturated heterocycles. The van der Waals surface area contributed by atoms with Crippen molar-refractivity contribution in [2.24, 2.45) is 0 Å². The first-order valence-electron chi connectivity index (χ1n) is 17.4. The molecule has 1 aliphatic rings. The Labute approximate surface area is 306 Å². The average molecular weight is 714 g/mol. The van der Waals surface area contributed by atoms with Gasteiger partial charge in [-0.15, -0.1) is 11.3 Å². The van der Waals surface area contributed by atoms with Crippen LogP contribution in [0.1, 0.15) is 46.3 Å². The van der Waals surface area contributed by atoms with Crippen molar-refractivity contribution in [3.8, 4) is 39.2 Å². The maximum absolute atomic E-state index is 14.7. The molecule has 7 rings (SSSR count). The number of likely N-dealkylation sites (tertiary alicyclic amines) is 1. The van der Waals surface area contributed by atoms with Crippen LogP contribution in [0.5, 0.6) is 28.7 Å². The van der Waals surface area contributed by atoms with E-state index in [9.17, 15) is 14.7 Å². The molecular formula is C43H39NO7S. The lowest BCUT2D eigenvalue weighted by atomic mass is 9.96. The van der Waals surface area contributed by atoms with Gasteiger partial charge in [-0.3, -0.25) is 14.5 Å². The third-order valence-corrected chi connectivity index (χ3v) is 10.3. The summed E-state index contributed by atoms with van der Waals surface area (Å²) >= 11 is 1.40. The van der Waals surface area contributed by atoms with Crippen LogP contribution >= 0.6 is 11.3 Å². The Morgan fingerprint density at radius 2 is 1.40 bits per heavy atom. The number of carbonyl (C=O) groups is 2. The second-order valence-corrected chi connectivity index (χ2v) is 13.7. The van der Waals surface area contributed by atoms with Crippen LogP contribution in [-0.4, -0.2) is 48.5 Å². The zero-order valence-corrected chi connectivity index (χ0v) is 29.5. The van der Waals surface area contributed by atoms with Gasteiger partial charge >= 0.3 is 0 Å². The number of carbonyl (C=O) groups excluding carboxylic acids is 2. The van der Waals surface area contributed by atoms with Gasteiger partial charge in [0.05, 0.1) is 10.9 Å². The molecule has 0 saturated carbocycles. The van der Waals surface area contributed by atoms with Gasteiger partial charge in [0.15, 0.2) is 17.3 Å². The lowest BCUT2D eigenvalue weighted by Crippen LogP contribution is -2.33. The maximum Gasteiger partial charge on any atom is 0.298 e. The summed E-state index contributed by atoms with van der Waals surface area (Å²) in [6.07, 6.45) is 3.74. The largest absolute Gasteiger partial charge is 0.508 e. The van der Waals surface area contributed by atoms with E-state index in [4.69, 9.17) is 18.9 Å². The van der Waals surface area contributed by atoms with Crippen molar-refractivity contribution in [1.82, 2.24) is 4.90 Å². The Hall–Kier alpha value is -5.64. The number of aromatic hydroxyl groups is 1. The molecule has 9 heteroatoms. The number of piperidine rings is 1. The van der Waals surface area contributed by atoms with Crippen molar-refractivity contribution in [3.63, 3.8) is 0 Å². The van der Waals surface area contributed by atoms with Crippen LogP contribution in [0.3, 0.4) is 0 Å². The lowest BCUT2D eigenvalue weighted by molar-refractivity contribution is -0.120. The number of thiophene rings is 1. The smallest absolute Gasteiger partial charge is 0.298 e.